The van der Waals surface area contributed by atoms with Gasteiger partial charge in [-0.1, -0.05) is 17.3 Å². The number of hydrogen-bond donors (Lipinski definition) is 1. The van der Waals surface area contributed by atoms with Crippen LogP contribution in [0.5, 0.6) is 0 Å². The minimum Gasteiger partial charge on any atom is -0.331 e. The third-order valence-corrected chi connectivity index (χ3v) is 5.37. The topological polar surface area (TPSA) is 63.1 Å². The van der Waals surface area contributed by atoms with Crippen molar-refractivity contribution >= 4 is 17.8 Å². The lowest BCUT2D eigenvalue weighted by atomic mass is 10.1. The highest BCUT2D eigenvalue weighted by Crippen LogP contribution is 2.19. The maximum absolute atomic E-state index is 12.6. The van der Waals surface area contributed by atoms with Gasteiger partial charge in [-0.05, 0) is 43.7 Å². The summed E-state index contributed by atoms with van der Waals surface area (Å²) in [4.78, 5) is 14.5. The number of amides is 2. The molecule has 7 heteroatoms. The van der Waals surface area contributed by atoms with Crippen LogP contribution >= 0.6 is 11.8 Å². The second-order valence-electron chi connectivity index (χ2n) is 6.05. The van der Waals surface area contributed by atoms with Crippen molar-refractivity contribution in [2.24, 2.45) is 0 Å². The first-order chi connectivity index (χ1) is 11.6. The van der Waals surface area contributed by atoms with Crippen molar-refractivity contribution in [1.29, 1.82) is 0 Å². The van der Waals surface area contributed by atoms with Crippen LogP contribution in [0, 0.1) is 0 Å². The summed E-state index contributed by atoms with van der Waals surface area (Å²) in [6.07, 6.45) is 4.51. The first-order valence-corrected chi connectivity index (χ1v) is 9.42. The van der Waals surface area contributed by atoms with Gasteiger partial charge in [0.15, 0.2) is 0 Å². The van der Waals surface area contributed by atoms with E-state index < -0.39 is 0 Å². The molecule has 1 fully saturated rings. The summed E-state index contributed by atoms with van der Waals surface area (Å²) in [5.41, 5.74) is 2.03. The van der Waals surface area contributed by atoms with E-state index in [0.717, 1.165) is 35.7 Å². The summed E-state index contributed by atoms with van der Waals surface area (Å²) < 4.78 is 1.71. The highest BCUT2D eigenvalue weighted by Gasteiger charge is 2.23. The van der Waals surface area contributed by atoms with Gasteiger partial charge in [0.25, 0.3) is 0 Å². The smallest absolute Gasteiger partial charge is 0.318 e. The van der Waals surface area contributed by atoms with E-state index in [1.165, 1.54) is 0 Å². The van der Waals surface area contributed by atoms with Crippen molar-refractivity contribution in [3.05, 3.63) is 42.2 Å². The average molecular weight is 345 g/mol. The molecule has 2 heterocycles. The number of carbonyl (C=O) groups excluding carboxylic acids is 1. The number of nitrogens with one attached hydrogen (secondary N) is 1. The maximum Gasteiger partial charge on any atom is 0.318 e. The predicted octanol–water partition coefficient (Wildman–Crippen LogP) is 2.87. The SMILES string of the molecule is C[C@@H](NC(=O)N1CCSCC[C@@H]1C)c1ccc(-n2ccnn2)cc1. The Morgan fingerprint density at radius 1 is 1.33 bits per heavy atom. The first kappa shape index (κ1) is 16.8. The van der Waals surface area contributed by atoms with Crippen molar-refractivity contribution in [3.63, 3.8) is 0 Å². The number of aromatic nitrogens is 3. The number of nitrogens with zero attached hydrogens (tertiary/aromatic N) is 4. The van der Waals surface area contributed by atoms with Crippen LogP contribution in [-0.2, 0) is 0 Å². The number of rotatable bonds is 3. The summed E-state index contributed by atoms with van der Waals surface area (Å²) in [6.45, 7) is 4.96. The zero-order valence-electron chi connectivity index (χ0n) is 14.1. The van der Waals surface area contributed by atoms with E-state index >= 15 is 0 Å². The molecule has 2 aromatic rings. The number of benzene rings is 1. The Bertz CT molecular complexity index is 658. The van der Waals surface area contributed by atoms with Crippen LogP contribution in [0.2, 0.25) is 0 Å². The summed E-state index contributed by atoms with van der Waals surface area (Å²) in [5, 5.41) is 10.9. The van der Waals surface area contributed by atoms with Gasteiger partial charge in [-0.15, -0.1) is 5.10 Å². The molecule has 1 saturated heterocycles. The second-order valence-corrected chi connectivity index (χ2v) is 7.28. The minimum absolute atomic E-state index is 0.0258. The molecule has 0 bridgehead atoms. The van der Waals surface area contributed by atoms with Gasteiger partial charge in [-0.3, -0.25) is 0 Å². The molecule has 1 N–H and O–H groups in total. The lowest BCUT2D eigenvalue weighted by molar-refractivity contribution is 0.180. The molecule has 2 amide bonds. The Morgan fingerprint density at radius 2 is 2.12 bits per heavy atom. The lowest BCUT2D eigenvalue weighted by Crippen LogP contribution is -2.46. The predicted molar refractivity (Wildman–Crippen MR) is 96.4 cm³/mol. The van der Waals surface area contributed by atoms with Crippen LogP contribution in [0.15, 0.2) is 36.7 Å². The summed E-state index contributed by atoms with van der Waals surface area (Å²) in [7, 11) is 0. The van der Waals surface area contributed by atoms with E-state index in [1.54, 1.807) is 17.1 Å². The van der Waals surface area contributed by atoms with Gasteiger partial charge in [0.2, 0.25) is 0 Å². The van der Waals surface area contributed by atoms with Crippen molar-refractivity contribution in [3.8, 4) is 5.69 Å². The van der Waals surface area contributed by atoms with E-state index in [0.29, 0.717) is 6.04 Å². The van der Waals surface area contributed by atoms with Gasteiger partial charge in [-0.25, -0.2) is 9.48 Å². The molecule has 3 rings (SSSR count). The summed E-state index contributed by atoms with van der Waals surface area (Å²) in [5.74, 6) is 2.14. The summed E-state index contributed by atoms with van der Waals surface area (Å²) in [6, 6.07) is 8.29. The molecule has 2 atom stereocenters. The molecule has 1 aromatic carbocycles. The average Bonchev–Trinajstić information content (AvgIpc) is 3.04. The van der Waals surface area contributed by atoms with Crippen molar-refractivity contribution < 1.29 is 4.79 Å². The van der Waals surface area contributed by atoms with Crippen LogP contribution in [0.4, 0.5) is 4.79 Å². The van der Waals surface area contributed by atoms with E-state index in [2.05, 4.69) is 22.6 Å². The minimum atomic E-state index is -0.0367. The molecule has 0 spiro atoms. The zero-order chi connectivity index (χ0) is 16.9. The molecule has 1 aliphatic heterocycles. The Balaban J connectivity index is 1.63. The van der Waals surface area contributed by atoms with Crippen LogP contribution in [0.25, 0.3) is 5.69 Å². The van der Waals surface area contributed by atoms with E-state index in [-0.39, 0.29) is 12.1 Å². The highest BCUT2D eigenvalue weighted by molar-refractivity contribution is 7.99. The molecule has 0 saturated carbocycles. The van der Waals surface area contributed by atoms with Gasteiger partial charge in [0.1, 0.15) is 0 Å². The normalized spacial score (nSPS) is 19.6. The Kier molecular flexibility index (Phi) is 5.40. The van der Waals surface area contributed by atoms with Crippen molar-refractivity contribution in [1.82, 2.24) is 25.2 Å². The molecule has 0 radical (unpaired) electrons. The van der Waals surface area contributed by atoms with Crippen molar-refractivity contribution in [2.45, 2.75) is 32.4 Å². The van der Waals surface area contributed by atoms with Crippen LogP contribution < -0.4 is 5.32 Å². The molecule has 0 aliphatic carbocycles. The molecule has 24 heavy (non-hydrogen) atoms. The standard InChI is InChI=1S/C17H23N5OS/c1-13-7-11-24-12-10-21(13)17(23)19-14(2)15-3-5-16(6-4-15)22-9-8-18-20-22/h3-6,8-9,13-14H,7,10-12H2,1-2H3,(H,19,23)/t13-,14+/m0/s1. The fourth-order valence-electron chi connectivity index (χ4n) is 2.81. The lowest BCUT2D eigenvalue weighted by Gasteiger charge is -2.28. The zero-order valence-corrected chi connectivity index (χ0v) is 14.9. The fraction of sp³-hybridized carbons (Fsp3) is 0.471. The fourth-order valence-corrected chi connectivity index (χ4v) is 3.85. The first-order valence-electron chi connectivity index (χ1n) is 8.26. The van der Waals surface area contributed by atoms with E-state index in [1.807, 2.05) is 47.9 Å². The Morgan fingerprint density at radius 3 is 2.83 bits per heavy atom. The van der Waals surface area contributed by atoms with Gasteiger partial charge >= 0.3 is 6.03 Å². The molecule has 128 valence electrons. The van der Waals surface area contributed by atoms with Gasteiger partial charge in [-0.2, -0.15) is 11.8 Å². The molecular formula is C17H23N5OS. The number of thioether (sulfide) groups is 1. The Hall–Kier alpha value is -2.02. The molecule has 1 aromatic heterocycles. The molecule has 0 unspecified atom stereocenters. The van der Waals surface area contributed by atoms with E-state index in [4.69, 9.17) is 0 Å². The number of hydrogen-bond acceptors (Lipinski definition) is 4. The van der Waals surface area contributed by atoms with Gasteiger partial charge in [0.05, 0.1) is 24.1 Å². The summed E-state index contributed by atoms with van der Waals surface area (Å²) >= 11 is 1.92. The molecule has 6 nitrogen and oxygen atoms in total. The third-order valence-electron chi connectivity index (χ3n) is 4.37. The number of carbonyl (C=O) groups is 1. The number of urea groups is 1. The van der Waals surface area contributed by atoms with Crippen LogP contribution in [-0.4, -0.2) is 50.0 Å². The third kappa shape index (κ3) is 3.90. The molecule has 1 aliphatic rings. The highest BCUT2D eigenvalue weighted by atomic mass is 32.2. The quantitative estimate of drug-likeness (QED) is 0.929. The van der Waals surface area contributed by atoms with Crippen molar-refractivity contribution in [2.75, 3.05) is 18.1 Å². The van der Waals surface area contributed by atoms with Crippen LogP contribution in [0.1, 0.15) is 31.9 Å². The molecular weight excluding hydrogens is 322 g/mol. The Labute approximate surface area is 146 Å². The van der Waals surface area contributed by atoms with E-state index in [9.17, 15) is 4.79 Å². The monoisotopic (exact) mass is 345 g/mol. The largest absolute Gasteiger partial charge is 0.331 e. The van der Waals surface area contributed by atoms with Crippen LogP contribution in [0.3, 0.4) is 0 Å². The second kappa shape index (κ2) is 7.70. The van der Waals surface area contributed by atoms with Gasteiger partial charge < -0.3 is 10.2 Å². The van der Waals surface area contributed by atoms with Gasteiger partial charge in [0, 0.05) is 18.3 Å². The maximum atomic E-state index is 12.6.